The molecule has 0 saturated carbocycles. The third-order valence-corrected chi connectivity index (χ3v) is 3.80. The molecule has 8 nitrogen and oxygen atoms in total. The predicted octanol–water partition coefficient (Wildman–Crippen LogP) is 1.15. The summed E-state index contributed by atoms with van der Waals surface area (Å²) in [5, 5.41) is 10.5. The second-order valence-electron chi connectivity index (χ2n) is 5.57. The minimum Gasteiger partial charge on any atom is -0.493 e. The van der Waals surface area contributed by atoms with Crippen LogP contribution >= 0.6 is 0 Å². The van der Waals surface area contributed by atoms with Gasteiger partial charge in [-0.1, -0.05) is 6.07 Å². The maximum Gasteiger partial charge on any atom is 0.335 e. The maximum absolute atomic E-state index is 13.5. The molecule has 0 fully saturated rings. The van der Waals surface area contributed by atoms with Crippen LogP contribution in [0, 0.1) is 5.82 Å². The Labute approximate surface area is 146 Å². The SMILES string of the molecule is CC(=NCCc1cnc[nH]1)c1c(O)n(-c2cccc(F)c2)c(=O)[nH]c1=O. The molecule has 0 amide bonds. The van der Waals surface area contributed by atoms with E-state index in [4.69, 9.17) is 0 Å². The van der Waals surface area contributed by atoms with Crippen molar-refractivity contribution >= 4 is 5.71 Å². The van der Waals surface area contributed by atoms with Gasteiger partial charge in [0.1, 0.15) is 11.4 Å². The number of aliphatic imine (C=N–C) groups is 1. The molecule has 3 rings (SSSR count). The van der Waals surface area contributed by atoms with Crippen LogP contribution in [0.4, 0.5) is 4.39 Å². The number of aromatic amines is 2. The fourth-order valence-corrected chi connectivity index (χ4v) is 2.55. The summed E-state index contributed by atoms with van der Waals surface area (Å²) in [6.07, 6.45) is 3.79. The van der Waals surface area contributed by atoms with Gasteiger partial charge in [0.25, 0.3) is 5.56 Å². The number of hydrogen-bond donors (Lipinski definition) is 3. The van der Waals surface area contributed by atoms with Crippen LogP contribution in [0.1, 0.15) is 18.2 Å². The molecule has 0 aliphatic heterocycles. The Morgan fingerprint density at radius 2 is 2.19 bits per heavy atom. The number of hydrogen-bond acceptors (Lipinski definition) is 5. The molecule has 9 heteroatoms. The van der Waals surface area contributed by atoms with Crippen LogP contribution in [0.15, 0.2) is 51.4 Å². The second-order valence-corrected chi connectivity index (χ2v) is 5.57. The van der Waals surface area contributed by atoms with Gasteiger partial charge in [0.05, 0.1) is 12.0 Å². The monoisotopic (exact) mass is 357 g/mol. The Morgan fingerprint density at radius 1 is 1.38 bits per heavy atom. The van der Waals surface area contributed by atoms with Gasteiger partial charge < -0.3 is 10.1 Å². The van der Waals surface area contributed by atoms with E-state index in [-0.39, 0.29) is 17.0 Å². The fraction of sp³-hybridized carbons (Fsp3) is 0.176. The number of imidazole rings is 1. The van der Waals surface area contributed by atoms with Gasteiger partial charge >= 0.3 is 5.69 Å². The van der Waals surface area contributed by atoms with Gasteiger partial charge in [-0.05, 0) is 25.1 Å². The first kappa shape index (κ1) is 17.3. The average molecular weight is 357 g/mol. The molecule has 134 valence electrons. The summed E-state index contributed by atoms with van der Waals surface area (Å²) < 4.78 is 14.3. The molecule has 0 radical (unpaired) electrons. The second kappa shape index (κ2) is 7.18. The molecular weight excluding hydrogens is 341 g/mol. The van der Waals surface area contributed by atoms with E-state index in [0.29, 0.717) is 13.0 Å². The number of aromatic nitrogens is 4. The third-order valence-electron chi connectivity index (χ3n) is 3.80. The van der Waals surface area contributed by atoms with Crippen LogP contribution in [0.5, 0.6) is 5.88 Å². The Hall–Kier alpha value is -3.49. The average Bonchev–Trinajstić information content (AvgIpc) is 3.08. The predicted molar refractivity (Wildman–Crippen MR) is 93.7 cm³/mol. The first-order chi connectivity index (χ1) is 12.5. The highest BCUT2D eigenvalue weighted by atomic mass is 19.1. The van der Waals surface area contributed by atoms with Crippen molar-refractivity contribution in [1.82, 2.24) is 19.5 Å². The summed E-state index contributed by atoms with van der Waals surface area (Å²) in [6, 6.07) is 5.12. The minimum absolute atomic E-state index is 0.0928. The van der Waals surface area contributed by atoms with Gasteiger partial charge in [-0.15, -0.1) is 0 Å². The Kier molecular flexibility index (Phi) is 4.78. The Morgan fingerprint density at radius 3 is 2.88 bits per heavy atom. The molecule has 0 saturated heterocycles. The molecule has 1 aromatic carbocycles. The van der Waals surface area contributed by atoms with Crippen molar-refractivity contribution in [2.24, 2.45) is 4.99 Å². The van der Waals surface area contributed by atoms with Gasteiger partial charge in [-0.2, -0.15) is 0 Å². The Bertz CT molecular complexity index is 1070. The van der Waals surface area contributed by atoms with E-state index in [0.717, 1.165) is 16.3 Å². The number of H-pyrrole nitrogens is 2. The maximum atomic E-state index is 13.5. The summed E-state index contributed by atoms with van der Waals surface area (Å²) in [5.74, 6) is -1.17. The molecule has 0 spiro atoms. The van der Waals surface area contributed by atoms with Gasteiger partial charge in [-0.25, -0.2) is 18.7 Å². The molecule has 2 heterocycles. The number of benzene rings is 1. The van der Waals surface area contributed by atoms with Crippen molar-refractivity contribution in [2.45, 2.75) is 13.3 Å². The third kappa shape index (κ3) is 3.46. The van der Waals surface area contributed by atoms with Crippen LogP contribution in [-0.4, -0.2) is 36.9 Å². The summed E-state index contributed by atoms with van der Waals surface area (Å²) in [6.45, 7) is 1.91. The van der Waals surface area contributed by atoms with Gasteiger partial charge in [-0.3, -0.25) is 14.8 Å². The number of nitrogens with one attached hydrogen (secondary N) is 2. The molecule has 3 N–H and O–H groups in total. The lowest BCUT2D eigenvalue weighted by atomic mass is 10.2. The first-order valence-corrected chi connectivity index (χ1v) is 7.80. The molecular formula is C17H16FN5O3. The smallest absolute Gasteiger partial charge is 0.335 e. The lowest BCUT2D eigenvalue weighted by molar-refractivity contribution is 0.429. The molecule has 0 atom stereocenters. The van der Waals surface area contributed by atoms with E-state index < -0.39 is 22.9 Å². The van der Waals surface area contributed by atoms with Crippen LogP contribution < -0.4 is 11.2 Å². The first-order valence-electron chi connectivity index (χ1n) is 7.80. The fourth-order valence-electron chi connectivity index (χ4n) is 2.55. The largest absolute Gasteiger partial charge is 0.493 e. The number of nitrogens with zero attached hydrogens (tertiary/aromatic N) is 3. The van der Waals surface area contributed by atoms with Crippen molar-refractivity contribution in [3.63, 3.8) is 0 Å². The summed E-state index contributed by atoms with van der Waals surface area (Å²) in [7, 11) is 0. The highest BCUT2D eigenvalue weighted by molar-refractivity contribution is 6.00. The number of aromatic hydroxyl groups is 1. The van der Waals surface area contributed by atoms with E-state index >= 15 is 0 Å². The van der Waals surface area contributed by atoms with E-state index in [1.54, 1.807) is 19.4 Å². The standard InChI is InChI=1S/C17H16FN5O3/c1-10(20-6-5-12-8-19-9-21-12)14-15(24)22-17(26)23(16(14)25)13-4-2-3-11(18)7-13/h2-4,7-9,25H,5-6H2,1H3,(H,19,21)(H,22,24,26). The summed E-state index contributed by atoms with van der Waals surface area (Å²) in [4.78, 5) is 37.5. The highest BCUT2D eigenvalue weighted by Gasteiger charge is 2.18. The molecule has 0 aliphatic carbocycles. The number of halogens is 1. The zero-order valence-electron chi connectivity index (χ0n) is 13.9. The normalized spacial score (nSPS) is 11.7. The molecule has 2 aromatic heterocycles. The van der Waals surface area contributed by atoms with Gasteiger partial charge in [0.2, 0.25) is 5.88 Å². The van der Waals surface area contributed by atoms with Crippen molar-refractivity contribution < 1.29 is 9.50 Å². The summed E-state index contributed by atoms with van der Waals surface area (Å²) >= 11 is 0. The van der Waals surface area contributed by atoms with Crippen molar-refractivity contribution in [1.29, 1.82) is 0 Å². The van der Waals surface area contributed by atoms with Gasteiger partial charge in [0, 0.05) is 30.6 Å². The molecule has 0 aliphatic rings. The van der Waals surface area contributed by atoms with Crippen molar-refractivity contribution in [3.05, 3.63) is 74.7 Å². The van der Waals surface area contributed by atoms with Crippen molar-refractivity contribution in [3.8, 4) is 11.6 Å². The van der Waals surface area contributed by atoms with Crippen LogP contribution in [0.2, 0.25) is 0 Å². The molecule has 0 unspecified atom stereocenters. The molecule has 3 aromatic rings. The highest BCUT2D eigenvalue weighted by Crippen LogP contribution is 2.17. The van der Waals surface area contributed by atoms with E-state index in [1.165, 1.54) is 18.2 Å². The van der Waals surface area contributed by atoms with Gasteiger partial charge in [0.15, 0.2) is 0 Å². The zero-order chi connectivity index (χ0) is 18.7. The van der Waals surface area contributed by atoms with Crippen LogP contribution in [0.25, 0.3) is 5.69 Å². The Balaban J connectivity index is 2.00. The lowest BCUT2D eigenvalue weighted by Crippen LogP contribution is -2.32. The van der Waals surface area contributed by atoms with Crippen LogP contribution in [0.3, 0.4) is 0 Å². The van der Waals surface area contributed by atoms with Crippen LogP contribution in [-0.2, 0) is 6.42 Å². The molecule has 0 bridgehead atoms. The van der Waals surface area contributed by atoms with E-state index in [9.17, 15) is 19.1 Å². The topological polar surface area (TPSA) is 116 Å². The zero-order valence-corrected chi connectivity index (χ0v) is 13.9. The van der Waals surface area contributed by atoms with Crippen molar-refractivity contribution in [2.75, 3.05) is 6.54 Å². The number of rotatable bonds is 5. The minimum atomic E-state index is -0.868. The van der Waals surface area contributed by atoms with E-state index in [1.807, 2.05) is 0 Å². The van der Waals surface area contributed by atoms with E-state index in [2.05, 4.69) is 19.9 Å². The lowest BCUT2D eigenvalue weighted by Gasteiger charge is -2.11. The summed E-state index contributed by atoms with van der Waals surface area (Å²) in [5.41, 5.74) is -0.540. The quantitative estimate of drug-likeness (QED) is 0.594. The molecule has 26 heavy (non-hydrogen) atoms.